The summed E-state index contributed by atoms with van der Waals surface area (Å²) in [7, 11) is 5.12. The third kappa shape index (κ3) is 1.47. The van der Waals surface area contributed by atoms with Crippen LogP contribution in [0, 0.1) is 0 Å². The minimum atomic E-state index is -0.601. The van der Waals surface area contributed by atoms with E-state index < -0.39 is 5.91 Å². The lowest BCUT2D eigenvalue weighted by Crippen LogP contribution is -2.14. The number of nitrogen functional groups attached to an aromatic ring is 1. The average molecular weight is 162 g/mol. The van der Waals surface area contributed by atoms with Crippen LogP contribution in [0.4, 0.5) is 11.5 Å². The number of nitrogens with zero attached hydrogens (tertiary/aromatic N) is 1. The van der Waals surface area contributed by atoms with Gasteiger partial charge in [0.15, 0.2) is 0 Å². The van der Waals surface area contributed by atoms with Crippen LogP contribution in [0.3, 0.4) is 0 Å². The van der Waals surface area contributed by atoms with Gasteiger partial charge in [0.05, 0.1) is 5.56 Å². The van der Waals surface area contributed by atoms with Crippen molar-refractivity contribution >= 4 is 25.4 Å². The van der Waals surface area contributed by atoms with Gasteiger partial charge in [-0.05, 0) is 0 Å². The van der Waals surface area contributed by atoms with Crippen molar-refractivity contribution in [2.45, 2.75) is 0 Å². The quantitative estimate of drug-likeness (QED) is 0.499. The number of hydrogen-bond acceptors (Lipinski definition) is 4. The second-order valence-corrected chi connectivity index (χ2v) is 2.16. The maximum Gasteiger partial charge on any atom is 0.252 e. The zero-order chi connectivity index (χ0) is 9.14. The van der Waals surface area contributed by atoms with Gasteiger partial charge in [0, 0.05) is 18.0 Å². The molecule has 1 rings (SSSR count). The lowest BCUT2D eigenvalue weighted by molar-refractivity contribution is 0.100. The molecular formula is C6H7BN4O. The van der Waals surface area contributed by atoms with Gasteiger partial charge in [-0.15, -0.1) is 0 Å². The van der Waals surface area contributed by atoms with Crippen LogP contribution in [0.25, 0.3) is 0 Å². The standard InChI is InChI=1S/C6H7BN4O/c7-11-4-1-5(8)10-2-3(4)6(9)12/h1-2H,(H2,9,12)(H3,8,10,11). The third-order valence-electron chi connectivity index (χ3n) is 1.35. The summed E-state index contributed by atoms with van der Waals surface area (Å²) in [6.45, 7) is 0. The molecule has 0 aliphatic heterocycles. The van der Waals surface area contributed by atoms with E-state index in [1.807, 2.05) is 0 Å². The van der Waals surface area contributed by atoms with Gasteiger partial charge in [-0.3, -0.25) is 4.79 Å². The average Bonchev–Trinajstić information content (AvgIpc) is 2.03. The summed E-state index contributed by atoms with van der Waals surface area (Å²) in [5.41, 5.74) is 11.0. The van der Waals surface area contributed by atoms with Gasteiger partial charge in [-0.1, -0.05) is 0 Å². The smallest absolute Gasteiger partial charge is 0.252 e. The number of hydrogen-bond donors (Lipinski definition) is 3. The SMILES string of the molecule is [B]Nc1cc(N)ncc1C(N)=O. The molecule has 0 aromatic carbocycles. The molecule has 5 N–H and O–H groups in total. The summed E-state index contributed by atoms with van der Waals surface area (Å²) in [5.74, 6) is -0.330. The topological polar surface area (TPSA) is 94.0 Å². The first-order chi connectivity index (χ1) is 5.65. The molecule has 0 unspecified atom stereocenters. The van der Waals surface area contributed by atoms with Gasteiger partial charge in [0.25, 0.3) is 5.91 Å². The van der Waals surface area contributed by atoms with E-state index in [2.05, 4.69) is 10.2 Å². The van der Waals surface area contributed by atoms with Crippen LogP contribution < -0.4 is 16.7 Å². The first-order valence-corrected chi connectivity index (χ1v) is 3.17. The summed E-state index contributed by atoms with van der Waals surface area (Å²) in [5, 5.41) is 2.30. The van der Waals surface area contributed by atoms with E-state index in [1.54, 1.807) is 0 Å². The molecule has 1 aromatic rings. The van der Waals surface area contributed by atoms with E-state index in [0.29, 0.717) is 5.69 Å². The molecule has 0 fully saturated rings. The molecule has 1 heterocycles. The Kier molecular flexibility index (Phi) is 2.18. The number of pyridine rings is 1. The molecule has 0 aliphatic carbocycles. The van der Waals surface area contributed by atoms with E-state index in [-0.39, 0.29) is 11.4 Å². The molecule has 6 heteroatoms. The monoisotopic (exact) mass is 162 g/mol. The number of carbonyl (C=O) groups excluding carboxylic acids is 1. The third-order valence-corrected chi connectivity index (χ3v) is 1.35. The Balaban J connectivity index is 3.20. The molecule has 0 spiro atoms. The largest absolute Gasteiger partial charge is 0.436 e. The highest BCUT2D eigenvalue weighted by Gasteiger charge is 2.06. The maximum absolute atomic E-state index is 10.7. The normalized spacial score (nSPS) is 9.33. The van der Waals surface area contributed by atoms with Crippen molar-refractivity contribution in [2.24, 2.45) is 5.73 Å². The first kappa shape index (κ1) is 8.38. The van der Waals surface area contributed by atoms with Gasteiger partial charge in [0.1, 0.15) is 5.82 Å². The Bertz CT molecular complexity index is 314. The number of amides is 1. The Labute approximate surface area is 70.6 Å². The van der Waals surface area contributed by atoms with Crippen LogP contribution in [0.1, 0.15) is 10.4 Å². The molecular weight excluding hydrogens is 155 g/mol. The van der Waals surface area contributed by atoms with Gasteiger partial charge < -0.3 is 16.7 Å². The van der Waals surface area contributed by atoms with Crippen molar-refractivity contribution in [3.8, 4) is 0 Å². The molecule has 0 bridgehead atoms. The van der Waals surface area contributed by atoms with Crippen molar-refractivity contribution in [1.82, 2.24) is 4.98 Å². The second-order valence-electron chi connectivity index (χ2n) is 2.16. The van der Waals surface area contributed by atoms with Crippen LogP contribution in [0.5, 0.6) is 0 Å². The number of rotatable bonds is 2. The molecule has 1 aromatic heterocycles. The summed E-state index contributed by atoms with van der Waals surface area (Å²) in [4.78, 5) is 14.4. The summed E-state index contributed by atoms with van der Waals surface area (Å²) >= 11 is 0. The lowest BCUT2D eigenvalue weighted by Gasteiger charge is -2.05. The van der Waals surface area contributed by atoms with E-state index >= 15 is 0 Å². The van der Waals surface area contributed by atoms with Gasteiger partial charge >= 0.3 is 0 Å². The predicted octanol–water partition coefficient (Wildman–Crippen LogP) is -0.742. The number of nitrogens with two attached hydrogens (primary N) is 2. The zero-order valence-corrected chi connectivity index (χ0v) is 6.24. The molecule has 0 atom stereocenters. The van der Waals surface area contributed by atoms with E-state index in [4.69, 9.17) is 19.4 Å². The van der Waals surface area contributed by atoms with Crippen LogP contribution >= 0.6 is 0 Å². The molecule has 2 radical (unpaired) electrons. The maximum atomic E-state index is 10.7. The Morgan fingerprint density at radius 2 is 2.33 bits per heavy atom. The lowest BCUT2D eigenvalue weighted by atomic mass is 10.2. The zero-order valence-electron chi connectivity index (χ0n) is 6.24. The first-order valence-electron chi connectivity index (χ1n) is 3.17. The number of aromatic nitrogens is 1. The molecule has 0 aliphatic rings. The van der Waals surface area contributed by atoms with Crippen LogP contribution in [-0.4, -0.2) is 18.9 Å². The molecule has 12 heavy (non-hydrogen) atoms. The van der Waals surface area contributed by atoms with Crippen LogP contribution in [-0.2, 0) is 0 Å². The number of anilines is 2. The second kappa shape index (κ2) is 3.12. The van der Waals surface area contributed by atoms with Crippen LogP contribution in [0.15, 0.2) is 12.3 Å². The Morgan fingerprint density at radius 1 is 1.67 bits per heavy atom. The van der Waals surface area contributed by atoms with Crippen LogP contribution in [0.2, 0.25) is 0 Å². The molecule has 1 amide bonds. The molecule has 60 valence electrons. The Morgan fingerprint density at radius 3 is 2.83 bits per heavy atom. The van der Waals surface area contributed by atoms with Crippen molar-refractivity contribution in [3.63, 3.8) is 0 Å². The van der Waals surface area contributed by atoms with Crippen molar-refractivity contribution in [3.05, 3.63) is 17.8 Å². The van der Waals surface area contributed by atoms with Crippen molar-refractivity contribution in [2.75, 3.05) is 11.0 Å². The highest BCUT2D eigenvalue weighted by Crippen LogP contribution is 2.14. The summed E-state index contributed by atoms with van der Waals surface area (Å²) in [6.07, 6.45) is 1.27. The van der Waals surface area contributed by atoms with E-state index in [9.17, 15) is 4.79 Å². The Hall–Kier alpha value is -1.72. The predicted molar refractivity (Wildman–Crippen MR) is 46.5 cm³/mol. The number of nitrogens with one attached hydrogen (secondary N) is 1. The van der Waals surface area contributed by atoms with E-state index in [0.717, 1.165) is 0 Å². The molecule has 5 nitrogen and oxygen atoms in total. The molecule has 0 saturated heterocycles. The van der Waals surface area contributed by atoms with Gasteiger partial charge in [0.2, 0.25) is 7.98 Å². The fraction of sp³-hybridized carbons (Fsp3) is 0. The van der Waals surface area contributed by atoms with E-state index in [1.165, 1.54) is 12.3 Å². The highest BCUT2D eigenvalue weighted by molar-refractivity contribution is 6.18. The number of primary amides is 1. The summed E-state index contributed by atoms with van der Waals surface area (Å²) in [6, 6.07) is 1.43. The van der Waals surface area contributed by atoms with Crippen molar-refractivity contribution < 1.29 is 4.79 Å². The fourth-order valence-corrected chi connectivity index (χ4v) is 0.787. The van der Waals surface area contributed by atoms with Gasteiger partial charge in [-0.2, -0.15) is 0 Å². The molecule has 0 saturated carbocycles. The minimum Gasteiger partial charge on any atom is -0.436 e. The number of carbonyl (C=O) groups is 1. The van der Waals surface area contributed by atoms with Crippen molar-refractivity contribution in [1.29, 1.82) is 0 Å². The minimum absolute atomic E-state index is 0.215. The summed E-state index contributed by atoms with van der Waals surface area (Å²) < 4.78 is 0. The van der Waals surface area contributed by atoms with Gasteiger partial charge in [-0.25, -0.2) is 4.98 Å². The fourth-order valence-electron chi connectivity index (χ4n) is 0.787. The highest BCUT2D eigenvalue weighted by atomic mass is 16.1.